The SMILES string of the molecule is COc1cccc(OC)c1-n1c(CS(=O)(=O)[C@@H](C)Cc2ncc(F)cn2)nnc1-c1ccn(C)c1. The van der Waals surface area contributed by atoms with Crippen LogP contribution >= 0.6 is 0 Å². The third kappa shape index (κ3) is 5.02. The molecule has 4 rings (SSSR count). The topological polar surface area (TPSA) is 114 Å². The Morgan fingerprint density at radius 2 is 1.71 bits per heavy atom. The number of nitrogens with zero attached hydrogens (tertiary/aromatic N) is 6. The molecule has 4 aromatic rings. The molecule has 0 N–H and O–H groups in total. The second-order valence-corrected chi connectivity index (χ2v) is 10.4. The summed E-state index contributed by atoms with van der Waals surface area (Å²) in [5, 5.41) is 7.72. The quantitative estimate of drug-likeness (QED) is 0.345. The van der Waals surface area contributed by atoms with Crippen molar-refractivity contribution in [1.82, 2.24) is 29.3 Å². The lowest BCUT2D eigenvalue weighted by Gasteiger charge is -2.18. The summed E-state index contributed by atoms with van der Waals surface area (Å²) in [5.74, 6) is 0.806. The molecule has 0 unspecified atom stereocenters. The van der Waals surface area contributed by atoms with E-state index in [4.69, 9.17) is 9.47 Å². The molecule has 0 fully saturated rings. The van der Waals surface area contributed by atoms with E-state index in [1.54, 1.807) is 29.7 Å². The number of benzene rings is 1. The predicted octanol–water partition coefficient (Wildman–Crippen LogP) is 2.77. The Bertz CT molecular complexity index is 1410. The first-order chi connectivity index (χ1) is 16.7. The molecule has 0 spiro atoms. The van der Waals surface area contributed by atoms with Crippen molar-refractivity contribution in [3.05, 3.63) is 66.5 Å². The number of hydrogen-bond donors (Lipinski definition) is 0. The van der Waals surface area contributed by atoms with E-state index >= 15 is 0 Å². The third-order valence-corrected chi connectivity index (χ3v) is 7.59. The van der Waals surface area contributed by atoms with E-state index in [-0.39, 0.29) is 18.1 Å². The largest absolute Gasteiger partial charge is 0.494 e. The van der Waals surface area contributed by atoms with Gasteiger partial charge in [-0.1, -0.05) is 6.07 Å². The molecular formula is C23H25FN6O4S. The fraction of sp³-hybridized carbons (Fsp3) is 0.304. The van der Waals surface area contributed by atoms with Gasteiger partial charge in [-0.2, -0.15) is 0 Å². The fourth-order valence-corrected chi connectivity index (χ4v) is 4.90. The molecule has 12 heteroatoms. The van der Waals surface area contributed by atoms with Crippen LogP contribution in [0.15, 0.2) is 49.1 Å². The van der Waals surface area contributed by atoms with Gasteiger partial charge in [-0.05, 0) is 25.1 Å². The van der Waals surface area contributed by atoms with Gasteiger partial charge in [-0.15, -0.1) is 10.2 Å². The number of halogens is 1. The van der Waals surface area contributed by atoms with Crippen LogP contribution in [0.2, 0.25) is 0 Å². The molecule has 0 saturated heterocycles. The number of methoxy groups -OCH3 is 2. The van der Waals surface area contributed by atoms with Crippen molar-refractivity contribution in [3.63, 3.8) is 0 Å². The van der Waals surface area contributed by atoms with Gasteiger partial charge in [0.15, 0.2) is 27.3 Å². The second kappa shape index (κ2) is 9.82. The van der Waals surface area contributed by atoms with Crippen LogP contribution in [0.25, 0.3) is 17.1 Å². The average Bonchev–Trinajstić information content (AvgIpc) is 3.45. The van der Waals surface area contributed by atoms with E-state index in [9.17, 15) is 12.8 Å². The van der Waals surface area contributed by atoms with Crippen molar-refractivity contribution in [2.75, 3.05) is 14.2 Å². The second-order valence-electron chi connectivity index (χ2n) is 7.99. The summed E-state index contributed by atoms with van der Waals surface area (Å²) in [6, 6.07) is 7.13. The molecule has 0 aliphatic rings. The van der Waals surface area contributed by atoms with Gasteiger partial charge in [-0.3, -0.25) is 4.57 Å². The van der Waals surface area contributed by atoms with Gasteiger partial charge in [0.25, 0.3) is 0 Å². The minimum Gasteiger partial charge on any atom is -0.494 e. The van der Waals surface area contributed by atoms with Crippen LogP contribution < -0.4 is 9.47 Å². The van der Waals surface area contributed by atoms with Gasteiger partial charge in [0.2, 0.25) is 0 Å². The van der Waals surface area contributed by atoms with Crippen molar-refractivity contribution >= 4 is 9.84 Å². The third-order valence-electron chi connectivity index (χ3n) is 5.53. The van der Waals surface area contributed by atoms with E-state index in [1.165, 1.54) is 14.2 Å². The Hall–Kier alpha value is -3.80. The number of rotatable bonds is 9. The highest BCUT2D eigenvalue weighted by molar-refractivity contribution is 7.91. The molecule has 3 heterocycles. The van der Waals surface area contributed by atoms with E-state index < -0.39 is 26.7 Å². The molecular weight excluding hydrogens is 475 g/mol. The van der Waals surface area contributed by atoms with E-state index in [0.29, 0.717) is 23.0 Å². The number of para-hydroxylation sites is 1. The molecule has 0 aliphatic heterocycles. The Labute approximate surface area is 202 Å². The first kappa shape index (κ1) is 24.3. The van der Waals surface area contributed by atoms with Crippen molar-refractivity contribution in [3.8, 4) is 28.6 Å². The summed E-state index contributed by atoms with van der Waals surface area (Å²) < 4.78 is 54.5. The Balaban J connectivity index is 1.79. The Kier molecular flexibility index (Phi) is 6.83. The summed E-state index contributed by atoms with van der Waals surface area (Å²) in [7, 11) is 1.17. The molecule has 10 nitrogen and oxygen atoms in total. The molecule has 0 bridgehead atoms. The summed E-state index contributed by atoms with van der Waals surface area (Å²) >= 11 is 0. The van der Waals surface area contributed by atoms with Crippen LogP contribution in [0.5, 0.6) is 11.5 Å². The average molecular weight is 501 g/mol. The van der Waals surface area contributed by atoms with E-state index in [0.717, 1.165) is 18.0 Å². The van der Waals surface area contributed by atoms with Gasteiger partial charge >= 0.3 is 0 Å². The molecule has 1 atom stereocenters. The van der Waals surface area contributed by atoms with Crippen molar-refractivity contribution in [2.24, 2.45) is 7.05 Å². The highest BCUT2D eigenvalue weighted by Gasteiger charge is 2.29. The Morgan fingerprint density at radius 3 is 2.29 bits per heavy atom. The van der Waals surface area contributed by atoms with Crippen LogP contribution in [0.1, 0.15) is 18.6 Å². The van der Waals surface area contributed by atoms with Gasteiger partial charge in [0, 0.05) is 31.4 Å². The van der Waals surface area contributed by atoms with Crippen LogP contribution in [0.4, 0.5) is 4.39 Å². The number of aryl methyl sites for hydroxylation is 1. The lowest BCUT2D eigenvalue weighted by molar-refractivity contribution is 0.391. The maximum Gasteiger partial charge on any atom is 0.170 e. The maximum absolute atomic E-state index is 13.3. The summed E-state index contributed by atoms with van der Waals surface area (Å²) in [6.45, 7) is 1.56. The monoisotopic (exact) mass is 500 g/mol. The molecule has 0 radical (unpaired) electrons. The maximum atomic E-state index is 13.3. The first-order valence-electron chi connectivity index (χ1n) is 10.7. The zero-order valence-corrected chi connectivity index (χ0v) is 20.5. The predicted molar refractivity (Wildman–Crippen MR) is 127 cm³/mol. The standard InChI is InChI=1S/C23H25FN6O4S/c1-15(10-20-25-11-17(24)12-26-20)35(31,32)14-21-27-28-23(16-8-9-29(2)13-16)30(21)22-18(33-3)6-5-7-19(22)34-4/h5-9,11-13,15H,10,14H2,1-4H3/t15-/m0/s1. The normalized spacial score (nSPS) is 12.5. The number of aromatic nitrogens is 6. The molecule has 0 saturated carbocycles. The van der Waals surface area contributed by atoms with Crippen LogP contribution in [-0.2, 0) is 29.1 Å². The molecule has 3 aromatic heterocycles. The minimum atomic E-state index is -3.74. The van der Waals surface area contributed by atoms with Crippen molar-refractivity contribution in [2.45, 2.75) is 24.3 Å². The zero-order chi connectivity index (χ0) is 25.2. The van der Waals surface area contributed by atoms with Crippen LogP contribution in [0.3, 0.4) is 0 Å². The highest BCUT2D eigenvalue weighted by Crippen LogP contribution is 2.36. The number of hydrogen-bond acceptors (Lipinski definition) is 8. The number of ether oxygens (including phenoxy) is 2. The summed E-state index contributed by atoms with van der Waals surface area (Å²) in [4.78, 5) is 7.75. The minimum absolute atomic E-state index is 0.0280. The highest BCUT2D eigenvalue weighted by atomic mass is 32.2. The van der Waals surface area contributed by atoms with Crippen molar-refractivity contribution in [1.29, 1.82) is 0 Å². The van der Waals surface area contributed by atoms with Gasteiger partial charge in [0.05, 0.1) is 31.9 Å². The Morgan fingerprint density at radius 1 is 1.06 bits per heavy atom. The summed E-state index contributed by atoms with van der Waals surface area (Å²) in [5.41, 5.74) is 1.23. The van der Waals surface area contributed by atoms with Crippen molar-refractivity contribution < 1.29 is 22.3 Å². The van der Waals surface area contributed by atoms with Gasteiger partial charge in [-0.25, -0.2) is 22.8 Å². The lowest BCUT2D eigenvalue weighted by Crippen LogP contribution is -2.24. The van der Waals surface area contributed by atoms with Crippen LogP contribution in [0, 0.1) is 5.82 Å². The molecule has 0 amide bonds. The lowest BCUT2D eigenvalue weighted by atomic mass is 10.2. The fourth-order valence-electron chi connectivity index (χ4n) is 3.67. The molecule has 0 aliphatic carbocycles. The van der Waals surface area contributed by atoms with Gasteiger partial charge < -0.3 is 14.0 Å². The molecule has 184 valence electrons. The summed E-state index contributed by atoms with van der Waals surface area (Å²) in [6.07, 6.45) is 5.77. The number of sulfone groups is 1. The first-order valence-corrected chi connectivity index (χ1v) is 12.4. The van der Waals surface area contributed by atoms with E-state index in [2.05, 4.69) is 20.2 Å². The zero-order valence-electron chi connectivity index (χ0n) is 19.7. The smallest absolute Gasteiger partial charge is 0.170 e. The molecule has 1 aromatic carbocycles. The van der Waals surface area contributed by atoms with E-state index in [1.807, 2.05) is 30.1 Å². The van der Waals surface area contributed by atoms with Crippen LogP contribution in [-0.4, -0.2) is 57.2 Å². The van der Waals surface area contributed by atoms with Gasteiger partial charge in [0.1, 0.15) is 28.8 Å². The molecule has 35 heavy (non-hydrogen) atoms.